The average Bonchev–Trinajstić information content (AvgIpc) is 2.45. The van der Waals surface area contributed by atoms with Gasteiger partial charge in [0.1, 0.15) is 0 Å². The summed E-state index contributed by atoms with van der Waals surface area (Å²) in [6.07, 6.45) is 7.82. The topological polar surface area (TPSA) is 71.2 Å². The molecule has 0 spiro atoms. The lowest BCUT2D eigenvalue weighted by molar-refractivity contribution is 0.283. The molecule has 0 aliphatic carbocycles. The standard InChI is InChI=1S/C15H21N3O/c16-14-5-6-15(12-7-9-17-11-13(12)14)18-8-3-1-2-4-10-19/h5-7,9,11,18-19H,1-4,8,10,16H2. The van der Waals surface area contributed by atoms with E-state index in [2.05, 4.69) is 10.3 Å². The van der Waals surface area contributed by atoms with Crippen molar-refractivity contribution in [1.82, 2.24) is 4.98 Å². The molecule has 4 nitrogen and oxygen atoms in total. The lowest BCUT2D eigenvalue weighted by atomic mass is 10.1. The zero-order valence-electron chi connectivity index (χ0n) is 11.1. The van der Waals surface area contributed by atoms with Gasteiger partial charge in [-0.1, -0.05) is 12.8 Å². The Hall–Kier alpha value is -1.81. The maximum atomic E-state index is 8.71. The quantitative estimate of drug-likeness (QED) is 0.528. The Balaban J connectivity index is 1.96. The van der Waals surface area contributed by atoms with Crippen LogP contribution in [0.1, 0.15) is 25.7 Å². The van der Waals surface area contributed by atoms with Crippen LogP contribution in [0.2, 0.25) is 0 Å². The summed E-state index contributed by atoms with van der Waals surface area (Å²) in [4.78, 5) is 4.11. The smallest absolute Gasteiger partial charge is 0.0431 e. The summed E-state index contributed by atoms with van der Waals surface area (Å²) in [5, 5.41) is 14.3. The van der Waals surface area contributed by atoms with Crippen LogP contribution in [0.15, 0.2) is 30.6 Å². The van der Waals surface area contributed by atoms with Crippen molar-refractivity contribution >= 4 is 22.1 Å². The van der Waals surface area contributed by atoms with Crippen molar-refractivity contribution in [2.75, 3.05) is 24.2 Å². The van der Waals surface area contributed by atoms with Crippen LogP contribution in [0.25, 0.3) is 10.8 Å². The number of anilines is 2. The fourth-order valence-corrected chi connectivity index (χ4v) is 2.18. The predicted molar refractivity (Wildman–Crippen MR) is 80.2 cm³/mol. The number of aliphatic hydroxyl groups is 1. The summed E-state index contributed by atoms with van der Waals surface area (Å²) in [5.41, 5.74) is 7.81. The lowest BCUT2D eigenvalue weighted by Crippen LogP contribution is -2.03. The number of unbranched alkanes of at least 4 members (excludes halogenated alkanes) is 3. The summed E-state index contributed by atoms with van der Waals surface area (Å²) in [6.45, 7) is 1.23. The first kappa shape index (κ1) is 13.6. The van der Waals surface area contributed by atoms with Crippen molar-refractivity contribution in [3.63, 3.8) is 0 Å². The average molecular weight is 259 g/mol. The molecule has 1 aromatic heterocycles. The zero-order chi connectivity index (χ0) is 13.5. The summed E-state index contributed by atoms with van der Waals surface area (Å²) < 4.78 is 0. The number of nitrogens with two attached hydrogens (primary N) is 1. The molecule has 0 saturated carbocycles. The number of pyridine rings is 1. The first-order chi connectivity index (χ1) is 9.33. The molecule has 0 saturated heterocycles. The van der Waals surface area contributed by atoms with E-state index in [-0.39, 0.29) is 0 Å². The monoisotopic (exact) mass is 259 g/mol. The minimum Gasteiger partial charge on any atom is -0.398 e. The molecular weight excluding hydrogens is 238 g/mol. The second-order valence-corrected chi connectivity index (χ2v) is 4.69. The number of hydrogen-bond acceptors (Lipinski definition) is 4. The second-order valence-electron chi connectivity index (χ2n) is 4.69. The van der Waals surface area contributed by atoms with E-state index < -0.39 is 0 Å². The van der Waals surface area contributed by atoms with E-state index in [4.69, 9.17) is 10.8 Å². The third-order valence-electron chi connectivity index (χ3n) is 3.25. The lowest BCUT2D eigenvalue weighted by Gasteiger charge is -2.11. The van der Waals surface area contributed by atoms with Crippen LogP contribution in [0, 0.1) is 0 Å². The number of nitrogen functional groups attached to an aromatic ring is 1. The van der Waals surface area contributed by atoms with Gasteiger partial charge in [-0.15, -0.1) is 0 Å². The highest BCUT2D eigenvalue weighted by atomic mass is 16.2. The third-order valence-corrected chi connectivity index (χ3v) is 3.25. The molecule has 0 aliphatic heterocycles. The highest BCUT2D eigenvalue weighted by Crippen LogP contribution is 2.27. The number of aliphatic hydroxyl groups excluding tert-OH is 1. The Morgan fingerprint density at radius 2 is 1.89 bits per heavy atom. The van der Waals surface area contributed by atoms with Crippen molar-refractivity contribution in [2.45, 2.75) is 25.7 Å². The maximum absolute atomic E-state index is 8.71. The Kier molecular flexibility index (Phi) is 4.98. The van der Waals surface area contributed by atoms with Gasteiger partial charge >= 0.3 is 0 Å². The zero-order valence-corrected chi connectivity index (χ0v) is 11.1. The van der Waals surface area contributed by atoms with Gasteiger partial charge in [0.05, 0.1) is 0 Å². The molecule has 0 fully saturated rings. The van der Waals surface area contributed by atoms with Gasteiger partial charge in [-0.25, -0.2) is 0 Å². The molecule has 2 rings (SSSR count). The van der Waals surface area contributed by atoms with Gasteiger partial charge < -0.3 is 16.2 Å². The van der Waals surface area contributed by atoms with E-state index in [0.717, 1.165) is 54.4 Å². The number of rotatable bonds is 7. The summed E-state index contributed by atoms with van der Waals surface area (Å²) in [6, 6.07) is 5.92. The molecule has 0 amide bonds. The molecular formula is C15H21N3O. The van der Waals surface area contributed by atoms with E-state index in [0.29, 0.717) is 6.61 Å². The summed E-state index contributed by atoms with van der Waals surface area (Å²) >= 11 is 0. The Labute approximate surface area is 113 Å². The third kappa shape index (κ3) is 3.58. The predicted octanol–water partition coefficient (Wildman–Crippen LogP) is 2.78. The van der Waals surface area contributed by atoms with Gasteiger partial charge in [-0.3, -0.25) is 4.98 Å². The molecule has 2 aromatic rings. The number of nitrogens with one attached hydrogen (secondary N) is 1. The number of aromatic nitrogens is 1. The van der Waals surface area contributed by atoms with Crippen LogP contribution in [0.3, 0.4) is 0 Å². The molecule has 1 aromatic carbocycles. The van der Waals surface area contributed by atoms with Crippen LogP contribution in [0.4, 0.5) is 11.4 Å². The molecule has 1 heterocycles. The fraction of sp³-hybridized carbons (Fsp3) is 0.400. The fourth-order valence-electron chi connectivity index (χ4n) is 2.18. The van der Waals surface area contributed by atoms with Crippen molar-refractivity contribution < 1.29 is 5.11 Å². The van der Waals surface area contributed by atoms with Crippen molar-refractivity contribution in [3.05, 3.63) is 30.6 Å². The molecule has 102 valence electrons. The van der Waals surface area contributed by atoms with Crippen LogP contribution >= 0.6 is 0 Å². The molecule has 0 atom stereocenters. The number of hydrogen-bond donors (Lipinski definition) is 3. The number of nitrogens with zero attached hydrogens (tertiary/aromatic N) is 1. The van der Waals surface area contributed by atoms with Crippen molar-refractivity contribution in [2.24, 2.45) is 0 Å². The van der Waals surface area contributed by atoms with Crippen LogP contribution < -0.4 is 11.1 Å². The first-order valence-corrected chi connectivity index (χ1v) is 6.80. The van der Waals surface area contributed by atoms with E-state index in [1.54, 1.807) is 12.4 Å². The van der Waals surface area contributed by atoms with Crippen LogP contribution in [-0.4, -0.2) is 23.2 Å². The van der Waals surface area contributed by atoms with E-state index in [1.807, 2.05) is 18.2 Å². The largest absolute Gasteiger partial charge is 0.398 e. The van der Waals surface area contributed by atoms with Gasteiger partial charge in [0, 0.05) is 47.7 Å². The molecule has 19 heavy (non-hydrogen) atoms. The maximum Gasteiger partial charge on any atom is 0.0431 e. The van der Waals surface area contributed by atoms with E-state index >= 15 is 0 Å². The Bertz CT molecular complexity index is 528. The van der Waals surface area contributed by atoms with Gasteiger partial charge in [0.15, 0.2) is 0 Å². The van der Waals surface area contributed by atoms with Gasteiger partial charge in [0.2, 0.25) is 0 Å². The minimum atomic E-state index is 0.295. The van der Waals surface area contributed by atoms with E-state index in [9.17, 15) is 0 Å². The van der Waals surface area contributed by atoms with Crippen molar-refractivity contribution in [3.8, 4) is 0 Å². The van der Waals surface area contributed by atoms with Gasteiger partial charge in [-0.05, 0) is 31.0 Å². The highest BCUT2D eigenvalue weighted by Gasteiger charge is 2.03. The second kappa shape index (κ2) is 6.95. The molecule has 0 radical (unpaired) electrons. The summed E-state index contributed by atoms with van der Waals surface area (Å²) in [7, 11) is 0. The van der Waals surface area contributed by atoms with Crippen molar-refractivity contribution in [1.29, 1.82) is 0 Å². The van der Waals surface area contributed by atoms with Crippen LogP contribution in [-0.2, 0) is 0 Å². The van der Waals surface area contributed by atoms with Gasteiger partial charge in [-0.2, -0.15) is 0 Å². The first-order valence-electron chi connectivity index (χ1n) is 6.80. The minimum absolute atomic E-state index is 0.295. The SMILES string of the molecule is Nc1ccc(NCCCCCCO)c2ccncc12. The molecule has 0 unspecified atom stereocenters. The molecule has 4 heteroatoms. The van der Waals surface area contributed by atoms with Gasteiger partial charge in [0.25, 0.3) is 0 Å². The Morgan fingerprint density at radius 3 is 2.74 bits per heavy atom. The van der Waals surface area contributed by atoms with Crippen LogP contribution in [0.5, 0.6) is 0 Å². The highest BCUT2D eigenvalue weighted by molar-refractivity contribution is 6.00. The summed E-state index contributed by atoms with van der Waals surface area (Å²) in [5.74, 6) is 0. The van der Waals surface area contributed by atoms with E-state index in [1.165, 1.54) is 0 Å². The molecule has 0 aliphatic rings. The Morgan fingerprint density at radius 1 is 1.05 bits per heavy atom. The normalized spacial score (nSPS) is 10.8. The molecule has 4 N–H and O–H groups in total. The molecule has 0 bridgehead atoms. The number of benzene rings is 1. The number of fused-ring (bicyclic) bond motifs is 1.